The van der Waals surface area contributed by atoms with Gasteiger partial charge in [-0.2, -0.15) is 5.26 Å². The van der Waals surface area contributed by atoms with Crippen LogP contribution in [0.5, 0.6) is 5.75 Å². The van der Waals surface area contributed by atoms with E-state index in [-0.39, 0.29) is 5.82 Å². The summed E-state index contributed by atoms with van der Waals surface area (Å²) in [7, 11) is 0. The number of fused-ring (bicyclic) bond motifs is 2. The topological polar surface area (TPSA) is 33.0 Å². The number of hydrogen-bond donors (Lipinski definition) is 0. The fourth-order valence-electron chi connectivity index (χ4n) is 3.23. The van der Waals surface area contributed by atoms with Gasteiger partial charge in [0, 0.05) is 28.1 Å². The second-order valence-electron chi connectivity index (χ2n) is 6.23. The van der Waals surface area contributed by atoms with E-state index in [0.29, 0.717) is 18.3 Å². The molecule has 0 bridgehead atoms. The first kappa shape index (κ1) is 15.4. The van der Waals surface area contributed by atoms with Gasteiger partial charge in [-0.3, -0.25) is 0 Å². The lowest BCUT2D eigenvalue weighted by Gasteiger charge is -2.13. The minimum Gasteiger partial charge on any atom is -0.488 e. The summed E-state index contributed by atoms with van der Waals surface area (Å²) in [6, 6.07) is 13.2. The number of alkyl halides is 1. The van der Waals surface area contributed by atoms with Crippen LogP contribution in [0.1, 0.15) is 35.1 Å². The molecular weight excluding hydrogens is 369 g/mol. The molecule has 120 valence electrons. The van der Waals surface area contributed by atoms with E-state index < -0.39 is 0 Å². The van der Waals surface area contributed by atoms with Crippen molar-refractivity contribution in [1.82, 2.24) is 0 Å². The largest absolute Gasteiger partial charge is 0.488 e. The third kappa shape index (κ3) is 2.63. The highest BCUT2D eigenvalue weighted by Gasteiger charge is 2.32. The molecule has 0 aromatic heterocycles. The maximum absolute atomic E-state index is 13.7. The van der Waals surface area contributed by atoms with Crippen LogP contribution < -0.4 is 4.74 Å². The minimum atomic E-state index is -0.329. The normalized spacial score (nSPS) is 17.9. The molecular formula is C20H15BrFNO. The maximum atomic E-state index is 13.7. The molecule has 0 N–H and O–H groups in total. The Kier molecular flexibility index (Phi) is 3.90. The highest BCUT2D eigenvalue weighted by molar-refractivity contribution is 9.08. The number of nitrogens with zero attached hydrogens (tertiary/aromatic N) is 1. The number of allylic oxidation sites excluding steroid dienone is 1. The molecule has 0 amide bonds. The second kappa shape index (κ2) is 6.07. The molecule has 2 nitrogen and oxygen atoms in total. The van der Waals surface area contributed by atoms with Gasteiger partial charge in [-0.05, 0) is 47.6 Å². The molecule has 2 aliphatic rings. The molecule has 1 heterocycles. The van der Waals surface area contributed by atoms with Crippen LogP contribution in [0.25, 0.3) is 5.57 Å². The van der Waals surface area contributed by atoms with Gasteiger partial charge in [-0.25, -0.2) is 4.39 Å². The van der Waals surface area contributed by atoms with Gasteiger partial charge < -0.3 is 4.74 Å². The molecule has 4 rings (SSSR count). The van der Waals surface area contributed by atoms with Gasteiger partial charge >= 0.3 is 0 Å². The molecule has 1 saturated carbocycles. The summed E-state index contributed by atoms with van der Waals surface area (Å²) in [5.74, 6) is 0.491. The monoisotopic (exact) mass is 383 g/mol. The minimum absolute atomic E-state index is 0.310. The Morgan fingerprint density at radius 2 is 2.00 bits per heavy atom. The van der Waals surface area contributed by atoms with Gasteiger partial charge in [0.1, 0.15) is 18.2 Å². The van der Waals surface area contributed by atoms with Crippen LogP contribution in [-0.2, 0) is 11.9 Å². The number of hydrogen-bond acceptors (Lipinski definition) is 2. The van der Waals surface area contributed by atoms with Crippen molar-refractivity contribution >= 4 is 21.5 Å². The fraction of sp³-hybridized carbons (Fsp3) is 0.250. The van der Waals surface area contributed by atoms with Crippen LogP contribution >= 0.6 is 15.9 Å². The Bertz CT molecular complexity index is 893. The van der Waals surface area contributed by atoms with Gasteiger partial charge in [-0.1, -0.05) is 34.1 Å². The average Bonchev–Trinajstić information content (AvgIpc) is 3.43. The van der Waals surface area contributed by atoms with Gasteiger partial charge in [0.05, 0.1) is 6.07 Å². The zero-order valence-electron chi connectivity index (χ0n) is 13.0. The predicted octanol–water partition coefficient (Wildman–Crippen LogP) is 5.35. The van der Waals surface area contributed by atoms with Crippen molar-refractivity contribution in [2.45, 2.75) is 24.8 Å². The third-order valence-corrected chi connectivity index (χ3v) is 5.21. The number of rotatable bonds is 2. The number of halogens is 2. The highest BCUT2D eigenvalue weighted by Crippen LogP contribution is 2.46. The quantitative estimate of drug-likeness (QED) is 0.517. The standard InChI is InChI=1S/C20H15BrFNO/c21-9-12-1-5-16-14(7-12)11-24-19-8-15(22)4-6-17(19)20(16)18(10-23)13-2-3-13/h1,4-8,13H,2-3,9,11H2/b20-18-. The van der Waals surface area contributed by atoms with Crippen molar-refractivity contribution in [3.8, 4) is 11.8 Å². The van der Waals surface area contributed by atoms with Crippen molar-refractivity contribution in [3.05, 3.63) is 70.0 Å². The lowest BCUT2D eigenvalue weighted by atomic mass is 9.88. The van der Waals surface area contributed by atoms with E-state index >= 15 is 0 Å². The summed E-state index contributed by atoms with van der Waals surface area (Å²) in [5, 5.41) is 10.5. The van der Waals surface area contributed by atoms with Crippen LogP contribution in [0.15, 0.2) is 42.0 Å². The lowest BCUT2D eigenvalue weighted by molar-refractivity contribution is 0.305. The van der Waals surface area contributed by atoms with E-state index in [9.17, 15) is 9.65 Å². The zero-order valence-corrected chi connectivity index (χ0v) is 14.6. The summed E-state index contributed by atoms with van der Waals surface area (Å²) < 4.78 is 19.6. The van der Waals surface area contributed by atoms with Crippen LogP contribution in [-0.4, -0.2) is 0 Å². The van der Waals surface area contributed by atoms with Gasteiger partial charge in [-0.15, -0.1) is 0 Å². The molecule has 0 saturated heterocycles. The fourth-order valence-corrected chi connectivity index (χ4v) is 3.58. The van der Waals surface area contributed by atoms with Crippen LogP contribution in [0.4, 0.5) is 4.39 Å². The Balaban J connectivity index is 2.01. The molecule has 1 fully saturated rings. The molecule has 24 heavy (non-hydrogen) atoms. The van der Waals surface area contributed by atoms with Crippen molar-refractivity contribution < 1.29 is 9.13 Å². The molecule has 0 spiro atoms. The summed E-state index contributed by atoms with van der Waals surface area (Å²) >= 11 is 3.48. The number of ether oxygens (including phenoxy) is 1. The Morgan fingerprint density at radius 1 is 1.21 bits per heavy atom. The first-order valence-electron chi connectivity index (χ1n) is 7.96. The second-order valence-corrected chi connectivity index (χ2v) is 6.79. The Morgan fingerprint density at radius 3 is 2.71 bits per heavy atom. The van der Waals surface area contributed by atoms with E-state index in [1.807, 2.05) is 0 Å². The highest BCUT2D eigenvalue weighted by atomic mass is 79.9. The van der Waals surface area contributed by atoms with Crippen molar-refractivity contribution in [3.63, 3.8) is 0 Å². The SMILES string of the molecule is N#C/C(=C1\c2ccc(CBr)cc2COc2cc(F)ccc21)C1CC1. The van der Waals surface area contributed by atoms with Crippen molar-refractivity contribution in [2.75, 3.05) is 0 Å². The van der Waals surface area contributed by atoms with E-state index in [1.54, 1.807) is 6.07 Å². The van der Waals surface area contributed by atoms with Crippen LogP contribution in [0.2, 0.25) is 0 Å². The summed E-state index contributed by atoms with van der Waals surface area (Å²) in [4.78, 5) is 0. The first-order valence-corrected chi connectivity index (χ1v) is 9.08. The predicted molar refractivity (Wildman–Crippen MR) is 94.2 cm³/mol. The van der Waals surface area contributed by atoms with E-state index in [1.165, 1.54) is 12.1 Å². The molecule has 1 aliphatic heterocycles. The summed E-state index contributed by atoms with van der Waals surface area (Å²) in [5.41, 5.74) is 5.72. The Hall–Kier alpha value is -2.12. The molecule has 4 heteroatoms. The summed E-state index contributed by atoms with van der Waals surface area (Å²) in [6.07, 6.45) is 2.08. The van der Waals surface area contributed by atoms with Gasteiger partial charge in [0.15, 0.2) is 0 Å². The third-order valence-electron chi connectivity index (χ3n) is 4.56. The van der Waals surface area contributed by atoms with Crippen LogP contribution in [0.3, 0.4) is 0 Å². The molecule has 0 atom stereocenters. The van der Waals surface area contributed by atoms with E-state index in [0.717, 1.165) is 51.6 Å². The molecule has 2 aromatic rings. The molecule has 0 radical (unpaired) electrons. The van der Waals surface area contributed by atoms with E-state index in [2.05, 4.69) is 40.2 Å². The average molecular weight is 384 g/mol. The number of nitriles is 1. The smallest absolute Gasteiger partial charge is 0.130 e. The Labute approximate surface area is 148 Å². The maximum Gasteiger partial charge on any atom is 0.130 e. The zero-order chi connectivity index (χ0) is 16.7. The lowest BCUT2D eigenvalue weighted by Crippen LogP contribution is -1.99. The van der Waals surface area contributed by atoms with Crippen molar-refractivity contribution in [1.29, 1.82) is 5.26 Å². The van der Waals surface area contributed by atoms with E-state index in [4.69, 9.17) is 4.74 Å². The first-order chi connectivity index (χ1) is 11.7. The molecule has 1 aliphatic carbocycles. The van der Waals surface area contributed by atoms with Gasteiger partial charge in [0.25, 0.3) is 0 Å². The van der Waals surface area contributed by atoms with Crippen molar-refractivity contribution in [2.24, 2.45) is 5.92 Å². The molecule has 2 aromatic carbocycles. The number of benzene rings is 2. The summed E-state index contributed by atoms with van der Waals surface area (Å²) in [6.45, 7) is 0.375. The molecule has 0 unspecified atom stereocenters. The van der Waals surface area contributed by atoms with Crippen LogP contribution in [0, 0.1) is 23.1 Å². The van der Waals surface area contributed by atoms with Gasteiger partial charge in [0.2, 0.25) is 0 Å².